The standard InChI is InChI=1S/C22H20F2N4O/c1-21(2)13-7-9-22(21,20-25-10-8-17(26-20)29-3)19-12(13)11-16(27-28-19)18-14(23)5-4-6-15(18)24/h4-6,8,10-11,13H,7,9H2,1-3H3/t13-,22+/m0/s1. The van der Waals surface area contributed by atoms with Gasteiger partial charge in [0.2, 0.25) is 5.88 Å². The van der Waals surface area contributed by atoms with Gasteiger partial charge in [-0.25, -0.2) is 13.8 Å². The van der Waals surface area contributed by atoms with Crippen molar-refractivity contribution in [2.75, 3.05) is 7.11 Å². The molecule has 0 unspecified atom stereocenters. The number of nitrogens with zero attached hydrogens (tertiary/aromatic N) is 4. The fourth-order valence-electron chi connectivity index (χ4n) is 5.34. The number of benzene rings is 1. The summed E-state index contributed by atoms with van der Waals surface area (Å²) in [6.45, 7) is 4.36. The van der Waals surface area contributed by atoms with Crippen LogP contribution in [-0.2, 0) is 5.41 Å². The molecule has 0 radical (unpaired) electrons. The van der Waals surface area contributed by atoms with Gasteiger partial charge in [0.25, 0.3) is 0 Å². The number of methoxy groups -OCH3 is 1. The largest absolute Gasteiger partial charge is 0.481 e. The lowest BCUT2D eigenvalue weighted by atomic mass is 9.68. The molecule has 0 amide bonds. The zero-order valence-corrected chi connectivity index (χ0v) is 16.4. The molecule has 7 heteroatoms. The average Bonchev–Trinajstić information content (AvgIpc) is 3.09. The van der Waals surface area contributed by atoms with E-state index < -0.39 is 17.0 Å². The van der Waals surface area contributed by atoms with Gasteiger partial charge in [-0.2, -0.15) is 10.1 Å². The van der Waals surface area contributed by atoms with Crippen LogP contribution in [0.4, 0.5) is 8.78 Å². The maximum atomic E-state index is 14.3. The third-order valence-electron chi connectivity index (χ3n) is 6.82. The number of ether oxygens (including phenoxy) is 1. The molecule has 5 nitrogen and oxygen atoms in total. The molecule has 2 bridgehead atoms. The Bertz CT molecular complexity index is 1110. The lowest BCUT2D eigenvalue weighted by molar-refractivity contribution is 0.234. The first-order valence-corrected chi connectivity index (χ1v) is 9.60. The molecule has 1 saturated carbocycles. The Morgan fingerprint density at radius 3 is 2.59 bits per heavy atom. The summed E-state index contributed by atoms with van der Waals surface area (Å²) >= 11 is 0. The molecule has 0 spiro atoms. The molecule has 0 aliphatic heterocycles. The van der Waals surface area contributed by atoms with Crippen molar-refractivity contribution >= 4 is 0 Å². The topological polar surface area (TPSA) is 60.8 Å². The van der Waals surface area contributed by atoms with Crippen molar-refractivity contribution in [3.05, 3.63) is 65.2 Å². The monoisotopic (exact) mass is 394 g/mol. The van der Waals surface area contributed by atoms with Crippen LogP contribution in [0.5, 0.6) is 5.88 Å². The van der Waals surface area contributed by atoms with Gasteiger partial charge in [0.15, 0.2) is 0 Å². The molecule has 2 atom stereocenters. The highest BCUT2D eigenvalue weighted by Gasteiger charge is 2.65. The molecule has 1 fully saturated rings. The second kappa shape index (κ2) is 6.02. The molecule has 2 aliphatic rings. The van der Waals surface area contributed by atoms with E-state index in [9.17, 15) is 8.78 Å². The van der Waals surface area contributed by atoms with E-state index in [0.29, 0.717) is 11.7 Å². The Morgan fingerprint density at radius 2 is 1.86 bits per heavy atom. The van der Waals surface area contributed by atoms with Gasteiger partial charge in [-0.1, -0.05) is 19.9 Å². The van der Waals surface area contributed by atoms with Crippen LogP contribution in [0.15, 0.2) is 36.5 Å². The van der Waals surface area contributed by atoms with E-state index in [2.05, 4.69) is 34.0 Å². The van der Waals surface area contributed by atoms with E-state index in [1.807, 2.05) is 0 Å². The highest BCUT2D eigenvalue weighted by Crippen LogP contribution is 2.69. The molecule has 148 valence electrons. The van der Waals surface area contributed by atoms with E-state index in [1.54, 1.807) is 25.4 Å². The Morgan fingerprint density at radius 1 is 1.10 bits per heavy atom. The summed E-state index contributed by atoms with van der Waals surface area (Å²) in [5.74, 6) is 0.0358. The Balaban J connectivity index is 1.72. The van der Waals surface area contributed by atoms with Crippen LogP contribution in [0.3, 0.4) is 0 Å². The van der Waals surface area contributed by atoms with Crippen LogP contribution in [0.25, 0.3) is 11.3 Å². The number of halogens is 2. The minimum absolute atomic E-state index is 0.143. The van der Waals surface area contributed by atoms with Crippen molar-refractivity contribution in [3.63, 3.8) is 0 Å². The van der Waals surface area contributed by atoms with Crippen molar-refractivity contribution < 1.29 is 13.5 Å². The van der Waals surface area contributed by atoms with Gasteiger partial charge in [-0.15, -0.1) is 5.10 Å². The minimum Gasteiger partial charge on any atom is -0.481 e. The van der Waals surface area contributed by atoms with Gasteiger partial charge in [0.1, 0.15) is 17.5 Å². The molecule has 2 aromatic heterocycles. The quantitative estimate of drug-likeness (QED) is 0.658. The maximum absolute atomic E-state index is 14.3. The Labute approximate surface area is 167 Å². The van der Waals surface area contributed by atoms with Crippen LogP contribution in [0.1, 0.15) is 49.7 Å². The van der Waals surface area contributed by atoms with Crippen LogP contribution in [0.2, 0.25) is 0 Å². The number of hydrogen-bond acceptors (Lipinski definition) is 5. The predicted octanol–water partition coefficient (Wildman–Crippen LogP) is 4.42. The van der Waals surface area contributed by atoms with Crippen LogP contribution >= 0.6 is 0 Å². The molecule has 2 aliphatic carbocycles. The lowest BCUT2D eigenvalue weighted by Crippen LogP contribution is -2.38. The third-order valence-corrected chi connectivity index (χ3v) is 6.82. The Hall–Kier alpha value is -2.96. The van der Waals surface area contributed by atoms with Gasteiger partial charge < -0.3 is 4.74 Å². The minimum atomic E-state index is -0.646. The number of hydrogen-bond donors (Lipinski definition) is 0. The van der Waals surface area contributed by atoms with E-state index >= 15 is 0 Å². The molecular weight excluding hydrogens is 374 g/mol. The van der Waals surface area contributed by atoms with Crippen molar-refractivity contribution in [3.8, 4) is 17.1 Å². The van der Waals surface area contributed by atoms with Crippen molar-refractivity contribution in [2.45, 2.75) is 38.0 Å². The fraction of sp³-hybridized carbons (Fsp3) is 0.364. The van der Waals surface area contributed by atoms with Crippen LogP contribution in [0, 0.1) is 17.0 Å². The average molecular weight is 394 g/mol. The van der Waals surface area contributed by atoms with Gasteiger partial charge in [0.05, 0.1) is 29.5 Å². The van der Waals surface area contributed by atoms with E-state index in [4.69, 9.17) is 4.74 Å². The molecular formula is C22H20F2N4O. The number of fused-ring (bicyclic) bond motifs is 5. The number of aromatic nitrogens is 4. The molecule has 0 saturated heterocycles. The van der Waals surface area contributed by atoms with E-state index in [-0.39, 0.29) is 22.6 Å². The Kier molecular flexibility index (Phi) is 3.75. The molecule has 1 aromatic carbocycles. The van der Waals surface area contributed by atoms with E-state index in [1.165, 1.54) is 18.2 Å². The highest BCUT2D eigenvalue weighted by molar-refractivity contribution is 5.63. The smallest absolute Gasteiger partial charge is 0.216 e. The summed E-state index contributed by atoms with van der Waals surface area (Å²) in [7, 11) is 1.57. The van der Waals surface area contributed by atoms with Gasteiger partial charge in [0, 0.05) is 12.3 Å². The first kappa shape index (κ1) is 18.1. The molecule has 0 N–H and O–H groups in total. The second-order valence-electron chi connectivity index (χ2n) is 8.27. The first-order chi connectivity index (χ1) is 13.9. The second-order valence-corrected chi connectivity index (χ2v) is 8.27. The zero-order valence-electron chi connectivity index (χ0n) is 16.4. The summed E-state index contributed by atoms with van der Waals surface area (Å²) < 4.78 is 33.9. The van der Waals surface area contributed by atoms with Crippen molar-refractivity contribution in [1.82, 2.24) is 20.2 Å². The van der Waals surface area contributed by atoms with Gasteiger partial charge in [-0.05, 0) is 47.9 Å². The highest BCUT2D eigenvalue weighted by atomic mass is 19.1. The van der Waals surface area contributed by atoms with Crippen molar-refractivity contribution in [1.29, 1.82) is 0 Å². The summed E-state index contributed by atoms with van der Waals surface area (Å²) in [4.78, 5) is 9.19. The molecule has 5 rings (SSSR count). The molecule has 29 heavy (non-hydrogen) atoms. The van der Waals surface area contributed by atoms with E-state index in [0.717, 1.165) is 24.1 Å². The third kappa shape index (κ3) is 2.24. The summed E-state index contributed by atoms with van der Waals surface area (Å²) in [6, 6.07) is 7.31. The fourth-order valence-corrected chi connectivity index (χ4v) is 5.34. The van der Waals surface area contributed by atoms with Crippen LogP contribution in [-0.4, -0.2) is 27.3 Å². The zero-order chi connectivity index (χ0) is 20.4. The normalized spacial score (nSPS) is 23.8. The SMILES string of the molecule is COc1ccnc([C@@]23CC[C@@H](c4cc(-c5c(F)cccc5F)nnc42)C3(C)C)n1. The first-order valence-electron chi connectivity index (χ1n) is 9.60. The van der Waals surface area contributed by atoms with Gasteiger partial charge in [-0.3, -0.25) is 0 Å². The summed E-state index contributed by atoms with van der Waals surface area (Å²) in [5, 5.41) is 8.72. The summed E-state index contributed by atoms with van der Waals surface area (Å²) in [5.41, 5.74) is 1.11. The maximum Gasteiger partial charge on any atom is 0.216 e. The number of rotatable bonds is 3. The van der Waals surface area contributed by atoms with Crippen LogP contribution < -0.4 is 4.74 Å². The molecule has 2 heterocycles. The predicted molar refractivity (Wildman–Crippen MR) is 103 cm³/mol. The lowest BCUT2D eigenvalue weighted by Gasteiger charge is -2.36. The molecule has 3 aromatic rings. The van der Waals surface area contributed by atoms with Crippen molar-refractivity contribution in [2.24, 2.45) is 5.41 Å². The van der Waals surface area contributed by atoms with Gasteiger partial charge >= 0.3 is 0 Å². The summed E-state index contributed by atoms with van der Waals surface area (Å²) in [6.07, 6.45) is 3.45.